The van der Waals surface area contributed by atoms with Crippen LogP contribution in [0.1, 0.15) is 16.8 Å². The van der Waals surface area contributed by atoms with Crippen molar-refractivity contribution in [1.82, 2.24) is 14.8 Å². The van der Waals surface area contributed by atoms with Crippen LogP contribution in [-0.4, -0.2) is 58.7 Å². The highest BCUT2D eigenvalue weighted by Crippen LogP contribution is 2.25. The van der Waals surface area contributed by atoms with Crippen molar-refractivity contribution in [3.05, 3.63) is 72.4 Å². The number of para-hydroxylation sites is 2. The van der Waals surface area contributed by atoms with Gasteiger partial charge in [-0.1, -0.05) is 36.4 Å². The third-order valence-corrected chi connectivity index (χ3v) is 5.76. The van der Waals surface area contributed by atoms with Crippen LogP contribution in [0.3, 0.4) is 0 Å². The summed E-state index contributed by atoms with van der Waals surface area (Å²) >= 11 is 0. The van der Waals surface area contributed by atoms with E-state index in [1.807, 2.05) is 30.3 Å². The van der Waals surface area contributed by atoms with Crippen molar-refractivity contribution in [2.75, 3.05) is 25.5 Å². The van der Waals surface area contributed by atoms with Crippen molar-refractivity contribution in [3.8, 4) is 6.07 Å². The molecular formula is C25H23N5O3. The summed E-state index contributed by atoms with van der Waals surface area (Å²) in [7, 11) is 1.54. The Hall–Kier alpha value is -4.25. The van der Waals surface area contributed by atoms with Gasteiger partial charge in [0.25, 0.3) is 5.91 Å². The molecule has 1 aliphatic rings. The van der Waals surface area contributed by atoms with Gasteiger partial charge in [-0.05, 0) is 30.7 Å². The SMILES string of the molecule is CN(CC(=O)N1CC(C(=O)Nc2ccccc2)CC1C#N)C(=O)c1cccc2cccnc12. The van der Waals surface area contributed by atoms with Crippen LogP contribution >= 0.6 is 0 Å². The van der Waals surface area contributed by atoms with Gasteiger partial charge in [0.2, 0.25) is 11.8 Å². The number of hydrogen-bond acceptors (Lipinski definition) is 5. The fraction of sp³-hybridized carbons (Fsp3) is 0.240. The van der Waals surface area contributed by atoms with Crippen LogP contribution in [0, 0.1) is 17.2 Å². The number of amides is 3. The molecule has 0 bridgehead atoms. The largest absolute Gasteiger partial charge is 0.332 e. The number of pyridine rings is 1. The molecule has 0 spiro atoms. The Morgan fingerprint density at radius 2 is 1.88 bits per heavy atom. The molecule has 1 fully saturated rings. The molecule has 2 atom stereocenters. The van der Waals surface area contributed by atoms with Gasteiger partial charge < -0.3 is 15.1 Å². The molecule has 2 unspecified atom stereocenters. The van der Waals surface area contributed by atoms with E-state index in [4.69, 9.17) is 0 Å². The summed E-state index contributed by atoms with van der Waals surface area (Å²) in [4.78, 5) is 45.7. The summed E-state index contributed by atoms with van der Waals surface area (Å²) in [5.74, 6) is -1.44. The van der Waals surface area contributed by atoms with Crippen LogP contribution in [-0.2, 0) is 9.59 Å². The maximum Gasteiger partial charge on any atom is 0.256 e. The maximum absolute atomic E-state index is 13.0. The maximum atomic E-state index is 13.0. The Labute approximate surface area is 191 Å². The average molecular weight is 441 g/mol. The second-order valence-corrected chi connectivity index (χ2v) is 8.02. The predicted molar refractivity (Wildman–Crippen MR) is 123 cm³/mol. The smallest absolute Gasteiger partial charge is 0.256 e. The summed E-state index contributed by atoms with van der Waals surface area (Å²) in [6.07, 6.45) is 1.87. The molecule has 3 amide bonds. The summed E-state index contributed by atoms with van der Waals surface area (Å²) in [6, 6.07) is 19.4. The molecule has 4 rings (SSSR count). The topological polar surface area (TPSA) is 106 Å². The van der Waals surface area contributed by atoms with E-state index in [0.29, 0.717) is 16.8 Å². The minimum Gasteiger partial charge on any atom is -0.332 e. The van der Waals surface area contributed by atoms with Gasteiger partial charge in [0.05, 0.1) is 29.6 Å². The zero-order valence-corrected chi connectivity index (χ0v) is 18.1. The number of aromatic nitrogens is 1. The van der Waals surface area contributed by atoms with Crippen LogP contribution in [0.15, 0.2) is 66.9 Å². The third kappa shape index (κ3) is 4.67. The molecular weight excluding hydrogens is 418 g/mol. The van der Waals surface area contributed by atoms with Gasteiger partial charge in [-0.25, -0.2) is 0 Å². The number of hydrogen-bond donors (Lipinski definition) is 1. The number of fused-ring (bicyclic) bond motifs is 1. The molecule has 0 radical (unpaired) electrons. The van der Waals surface area contributed by atoms with Gasteiger partial charge in [0, 0.05) is 30.9 Å². The number of likely N-dealkylation sites (N-methyl/N-ethyl adjacent to an activating group) is 1. The molecule has 2 heterocycles. The number of likely N-dealkylation sites (tertiary alicyclic amines) is 1. The molecule has 1 N–H and O–H groups in total. The van der Waals surface area contributed by atoms with Gasteiger partial charge in [-0.2, -0.15) is 5.26 Å². The lowest BCUT2D eigenvalue weighted by molar-refractivity contribution is -0.131. The summed E-state index contributed by atoms with van der Waals surface area (Å²) in [5.41, 5.74) is 1.63. The van der Waals surface area contributed by atoms with E-state index in [9.17, 15) is 19.6 Å². The number of nitriles is 1. The average Bonchev–Trinajstić information content (AvgIpc) is 3.29. The Bertz CT molecular complexity index is 1230. The first-order valence-electron chi connectivity index (χ1n) is 10.6. The van der Waals surface area contributed by atoms with E-state index in [1.54, 1.807) is 43.6 Å². The molecule has 1 saturated heterocycles. The van der Waals surface area contributed by atoms with Crippen molar-refractivity contribution in [3.63, 3.8) is 0 Å². The predicted octanol–water partition coefficient (Wildman–Crippen LogP) is 2.69. The fourth-order valence-electron chi connectivity index (χ4n) is 4.04. The van der Waals surface area contributed by atoms with Crippen LogP contribution in [0.4, 0.5) is 5.69 Å². The van der Waals surface area contributed by atoms with E-state index in [2.05, 4.69) is 16.4 Å². The minimum absolute atomic E-state index is 0.133. The lowest BCUT2D eigenvalue weighted by Crippen LogP contribution is -2.43. The molecule has 0 saturated carbocycles. The molecule has 1 aliphatic heterocycles. The van der Waals surface area contributed by atoms with Crippen molar-refractivity contribution in [2.45, 2.75) is 12.5 Å². The summed E-state index contributed by atoms with van der Waals surface area (Å²) in [5, 5.41) is 13.2. The second-order valence-electron chi connectivity index (χ2n) is 8.02. The highest BCUT2D eigenvalue weighted by atomic mass is 16.2. The van der Waals surface area contributed by atoms with Crippen molar-refractivity contribution < 1.29 is 14.4 Å². The Morgan fingerprint density at radius 1 is 1.12 bits per heavy atom. The lowest BCUT2D eigenvalue weighted by atomic mass is 10.1. The van der Waals surface area contributed by atoms with Crippen LogP contribution < -0.4 is 5.32 Å². The minimum atomic E-state index is -0.716. The van der Waals surface area contributed by atoms with Gasteiger partial charge in [0.1, 0.15) is 6.04 Å². The van der Waals surface area contributed by atoms with E-state index in [0.717, 1.165) is 5.39 Å². The highest BCUT2D eigenvalue weighted by molar-refractivity contribution is 6.06. The molecule has 1 aromatic heterocycles. The Kier molecular flexibility index (Phi) is 6.31. The standard InChI is InChI=1S/C25H23N5O3/c1-29(25(33)21-11-5-7-17-8-6-12-27-23(17)21)16-22(31)30-15-18(13-20(30)14-26)24(32)28-19-9-3-2-4-10-19/h2-12,18,20H,13,15-16H2,1H3,(H,28,32). The first-order valence-corrected chi connectivity index (χ1v) is 10.6. The molecule has 3 aromatic rings. The zero-order chi connectivity index (χ0) is 23.4. The summed E-state index contributed by atoms with van der Waals surface area (Å²) < 4.78 is 0. The second kappa shape index (κ2) is 9.49. The van der Waals surface area contributed by atoms with Gasteiger partial charge >= 0.3 is 0 Å². The molecule has 0 aliphatic carbocycles. The van der Waals surface area contributed by atoms with Gasteiger partial charge in [0.15, 0.2) is 0 Å². The van der Waals surface area contributed by atoms with Gasteiger partial charge in [-0.15, -0.1) is 0 Å². The fourth-order valence-corrected chi connectivity index (χ4v) is 4.04. The monoisotopic (exact) mass is 441 g/mol. The lowest BCUT2D eigenvalue weighted by Gasteiger charge is -2.24. The summed E-state index contributed by atoms with van der Waals surface area (Å²) in [6.45, 7) is -0.0686. The number of nitrogens with zero attached hydrogens (tertiary/aromatic N) is 4. The number of carbonyl (C=O) groups excluding carboxylic acids is 3. The van der Waals surface area contributed by atoms with E-state index >= 15 is 0 Å². The van der Waals surface area contributed by atoms with Crippen LogP contribution in [0.5, 0.6) is 0 Å². The highest BCUT2D eigenvalue weighted by Gasteiger charge is 2.39. The number of benzene rings is 2. The first kappa shape index (κ1) is 22.0. The number of anilines is 1. The van der Waals surface area contributed by atoms with Crippen LogP contribution in [0.2, 0.25) is 0 Å². The molecule has 8 nitrogen and oxygen atoms in total. The quantitative estimate of drug-likeness (QED) is 0.655. The molecule has 2 aromatic carbocycles. The van der Waals surface area contributed by atoms with Crippen LogP contribution in [0.25, 0.3) is 10.9 Å². The molecule has 166 valence electrons. The van der Waals surface area contributed by atoms with Gasteiger partial charge in [-0.3, -0.25) is 19.4 Å². The van der Waals surface area contributed by atoms with E-state index in [1.165, 1.54) is 9.80 Å². The van der Waals surface area contributed by atoms with Crippen molar-refractivity contribution >= 4 is 34.3 Å². The third-order valence-electron chi connectivity index (χ3n) is 5.76. The van der Waals surface area contributed by atoms with E-state index < -0.39 is 12.0 Å². The first-order chi connectivity index (χ1) is 16.0. The normalized spacial score (nSPS) is 17.4. The number of rotatable bonds is 5. The van der Waals surface area contributed by atoms with Crippen molar-refractivity contribution in [2.24, 2.45) is 5.92 Å². The Morgan fingerprint density at radius 3 is 2.64 bits per heavy atom. The number of carbonyl (C=O) groups is 3. The zero-order valence-electron chi connectivity index (χ0n) is 18.1. The molecule has 8 heteroatoms. The van der Waals surface area contributed by atoms with E-state index in [-0.39, 0.29) is 37.2 Å². The molecule has 33 heavy (non-hydrogen) atoms. The Balaban J connectivity index is 1.43. The number of nitrogens with one attached hydrogen (secondary N) is 1. The van der Waals surface area contributed by atoms with Crippen molar-refractivity contribution in [1.29, 1.82) is 5.26 Å².